The van der Waals surface area contributed by atoms with Crippen LogP contribution in [0.15, 0.2) is 64.1 Å². The number of benzene rings is 3. The van der Waals surface area contributed by atoms with E-state index in [9.17, 15) is 4.79 Å². The summed E-state index contributed by atoms with van der Waals surface area (Å²) in [6, 6.07) is 17.6. The van der Waals surface area contributed by atoms with Crippen LogP contribution in [-0.2, 0) is 11.3 Å². The van der Waals surface area contributed by atoms with E-state index in [1.807, 2.05) is 59.2 Å². The number of fused-ring (bicyclic) bond motifs is 2. The zero-order chi connectivity index (χ0) is 20.4. The van der Waals surface area contributed by atoms with Crippen LogP contribution in [0.5, 0.6) is 5.75 Å². The summed E-state index contributed by atoms with van der Waals surface area (Å²) in [4.78, 5) is 18.2. The first-order valence-corrected chi connectivity index (χ1v) is 10.7. The van der Waals surface area contributed by atoms with E-state index >= 15 is 0 Å². The Balaban J connectivity index is 1.86. The van der Waals surface area contributed by atoms with E-state index in [4.69, 9.17) is 9.47 Å². The van der Waals surface area contributed by atoms with Gasteiger partial charge in [0.15, 0.2) is 4.80 Å². The molecule has 1 amide bonds. The molecule has 29 heavy (non-hydrogen) atoms. The van der Waals surface area contributed by atoms with Gasteiger partial charge in [0, 0.05) is 18.1 Å². The molecule has 0 aliphatic carbocycles. The molecule has 0 fully saturated rings. The fraction of sp³-hybridized carbons (Fsp3) is 0.182. The predicted octanol–water partition coefficient (Wildman–Crippen LogP) is 5.01. The molecule has 0 spiro atoms. The molecule has 0 aliphatic rings. The van der Waals surface area contributed by atoms with Crippen molar-refractivity contribution in [3.63, 3.8) is 0 Å². The number of ether oxygens (including phenoxy) is 2. The molecular weight excluding hydrogens is 452 g/mol. The minimum atomic E-state index is -0.329. The second-order valence-corrected chi connectivity index (χ2v) is 8.38. The number of hydrogen-bond donors (Lipinski definition) is 0. The van der Waals surface area contributed by atoms with Gasteiger partial charge in [0.25, 0.3) is 5.91 Å². The van der Waals surface area contributed by atoms with E-state index in [1.165, 1.54) is 11.3 Å². The third-order valence-corrected chi connectivity index (χ3v) is 6.19. The SMILES string of the molecule is COCCn1c(=NC(=O)c2cc3ccccc3cc2OC)sc2cc(Br)ccc21. The van der Waals surface area contributed by atoms with Gasteiger partial charge in [-0.1, -0.05) is 51.5 Å². The van der Waals surface area contributed by atoms with Crippen LogP contribution in [0.4, 0.5) is 0 Å². The molecule has 7 heteroatoms. The molecule has 0 radical (unpaired) electrons. The molecule has 0 saturated heterocycles. The third-order valence-electron chi connectivity index (χ3n) is 4.66. The minimum absolute atomic E-state index is 0.329. The van der Waals surface area contributed by atoms with Gasteiger partial charge in [0.1, 0.15) is 5.75 Å². The van der Waals surface area contributed by atoms with Crippen LogP contribution in [-0.4, -0.2) is 31.3 Å². The molecule has 1 heterocycles. The zero-order valence-electron chi connectivity index (χ0n) is 16.0. The first-order valence-electron chi connectivity index (χ1n) is 9.04. The van der Waals surface area contributed by atoms with Crippen molar-refractivity contribution in [1.82, 2.24) is 4.57 Å². The lowest BCUT2D eigenvalue weighted by molar-refractivity contribution is 0.0994. The number of carbonyl (C=O) groups is 1. The maximum absolute atomic E-state index is 13.1. The third kappa shape index (κ3) is 3.99. The molecule has 0 aliphatic heterocycles. The maximum Gasteiger partial charge on any atom is 0.283 e. The number of methoxy groups -OCH3 is 2. The number of carbonyl (C=O) groups excluding carboxylic acids is 1. The van der Waals surface area contributed by atoms with Gasteiger partial charge < -0.3 is 14.0 Å². The molecule has 0 bridgehead atoms. The Morgan fingerprint density at radius 3 is 2.59 bits per heavy atom. The van der Waals surface area contributed by atoms with Gasteiger partial charge >= 0.3 is 0 Å². The first-order chi connectivity index (χ1) is 14.1. The zero-order valence-corrected chi connectivity index (χ0v) is 18.4. The molecule has 4 rings (SSSR count). The Morgan fingerprint density at radius 1 is 1.10 bits per heavy atom. The van der Waals surface area contributed by atoms with Crippen molar-refractivity contribution in [2.75, 3.05) is 20.8 Å². The standard InChI is InChI=1S/C22H19BrN2O3S/c1-27-10-9-25-18-8-7-16(23)13-20(18)29-22(25)24-21(26)17-11-14-5-3-4-6-15(14)12-19(17)28-2/h3-8,11-13H,9-10H2,1-2H3. The molecule has 0 N–H and O–H groups in total. The van der Waals surface area contributed by atoms with Crippen molar-refractivity contribution in [3.8, 4) is 5.75 Å². The maximum atomic E-state index is 13.1. The Hall–Kier alpha value is -2.48. The highest BCUT2D eigenvalue weighted by atomic mass is 79.9. The summed E-state index contributed by atoms with van der Waals surface area (Å²) in [5, 5.41) is 1.99. The lowest BCUT2D eigenvalue weighted by Crippen LogP contribution is -2.19. The lowest BCUT2D eigenvalue weighted by atomic mass is 10.1. The van der Waals surface area contributed by atoms with Gasteiger partial charge in [-0.15, -0.1) is 0 Å². The van der Waals surface area contributed by atoms with Crippen LogP contribution in [0.25, 0.3) is 21.0 Å². The number of aromatic nitrogens is 1. The lowest BCUT2D eigenvalue weighted by Gasteiger charge is -2.08. The van der Waals surface area contributed by atoms with E-state index < -0.39 is 0 Å². The fourth-order valence-electron chi connectivity index (χ4n) is 3.23. The van der Waals surface area contributed by atoms with Crippen LogP contribution < -0.4 is 9.54 Å². The predicted molar refractivity (Wildman–Crippen MR) is 120 cm³/mol. The van der Waals surface area contributed by atoms with Gasteiger partial charge in [-0.25, -0.2) is 0 Å². The second-order valence-electron chi connectivity index (χ2n) is 6.46. The summed E-state index contributed by atoms with van der Waals surface area (Å²) in [6.07, 6.45) is 0. The van der Waals surface area contributed by atoms with Crippen LogP contribution >= 0.6 is 27.3 Å². The van der Waals surface area contributed by atoms with Crippen molar-refractivity contribution >= 4 is 54.2 Å². The van der Waals surface area contributed by atoms with Crippen molar-refractivity contribution in [1.29, 1.82) is 0 Å². The number of thiazole rings is 1. The van der Waals surface area contributed by atoms with Gasteiger partial charge in [0.05, 0.1) is 29.5 Å². The highest BCUT2D eigenvalue weighted by Crippen LogP contribution is 2.27. The molecule has 148 valence electrons. The molecule has 5 nitrogen and oxygen atoms in total. The highest BCUT2D eigenvalue weighted by molar-refractivity contribution is 9.10. The van der Waals surface area contributed by atoms with E-state index in [-0.39, 0.29) is 5.91 Å². The summed E-state index contributed by atoms with van der Waals surface area (Å²) < 4.78 is 14.8. The largest absolute Gasteiger partial charge is 0.496 e. The normalized spacial score (nSPS) is 12.0. The summed E-state index contributed by atoms with van der Waals surface area (Å²) in [5.41, 5.74) is 1.47. The van der Waals surface area contributed by atoms with Crippen LogP contribution in [0.1, 0.15) is 10.4 Å². The minimum Gasteiger partial charge on any atom is -0.496 e. The van der Waals surface area contributed by atoms with Crippen molar-refractivity contribution < 1.29 is 14.3 Å². The van der Waals surface area contributed by atoms with E-state index in [1.54, 1.807) is 14.2 Å². The molecule has 0 atom stereocenters. The van der Waals surface area contributed by atoms with Gasteiger partial charge in [-0.05, 0) is 41.1 Å². The Bertz CT molecular complexity index is 1280. The molecule has 0 saturated carbocycles. The Labute approximate surface area is 180 Å². The molecular formula is C22H19BrN2O3S. The topological polar surface area (TPSA) is 52.8 Å². The van der Waals surface area contributed by atoms with Crippen molar-refractivity contribution in [2.45, 2.75) is 6.54 Å². The van der Waals surface area contributed by atoms with E-state index in [0.717, 1.165) is 25.5 Å². The first kappa shape index (κ1) is 19.8. The number of hydrogen-bond acceptors (Lipinski definition) is 4. The Morgan fingerprint density at radius 2 is 1.86 bits per heavy atom. The highest BCUT2D eigenvalue weighted by Gasteiger charge is 2.15. The van der Waals surface area contributed by atoms with Crippen LogP contribution in [0.2, 0.25) is 0 Å². The number of amides is 1. The Kier molecular flexibility index (Phi) is 5.80. The summed E-state index contributed by atoms with van der Waals surface area (Å²) in [7, 11) is 3.23. The van der Waals surface area contributed by atoms with Gasteiger partial charge in [-0.3, -0.25) is 4.79 Å². The summed E-state index contributed by atoms with van der Waals surface area (Å²) in [5.74, 6) is 0.189. The average molecular weight is 471 g/mol. The monoisotopic (exact) mass is 470 g/mol. The van der Waals surface area contributed by atoms with E-state index in [0.29, 0.717) is 29.3 Å². The summed E-state index contributed by atoms with van der Waals surface area (Å²) in [6.45, 7) is 1.14. The van der Waals surface area contributed by atoms with E-state index in [2.05, 4.69) is 20.9 Å². The molecule has 4 aromatic rings. The number of rotatable bonds is 5. The summed E-state index contributed by atoms with van der Waals surface area (Å²) >= 11 is 4.98. The van der Waals surface area contributed by atoms with Gasteiger partial charge in [-0.2, -0.15) is 4.99 Å². The van der Waals surface area contributed by atoms with Crippen LogP contribution in [0.3, 0.4) is 0 Å². The molecule has 0 unspecified atom stereocenters. The van der Waals surface area contributed by atoms with Gasteiger partial charge in [0.2, 0.25) is 0 Å². The van der Waals surface area contributed by atoms with Crippen LogP contribution in [0, 0.1) is 0 Å². The average Bonchev–Trinajstić information content (AvgIpc) is 3.06. The number of nitrogens with zero attached hydrogens (tertiary/aromatic N) is 2. The molecule has 3 aromatic carbocycles. The molecule has 1 aromatic heterocycles. The number of halogens is 1. The smallest absolute Gasteiger partial charge is 0.283 e. The fourth-order valence-corrected chi connectivity index (χ4v) is 4.84. The van der Waals surface area contributed by atoms with Crippen molar-refractivity contribution in [2.24, 2.45) is 4.99 Å². The second kappa shape index (κ2) is 8.49. The van der Waals surface area contributed by atoms with Crippen molar-refractivity contribution in [3.05, 3.63) is 69.4 Å². The quantitative estimate of drug-likeness (QED) is 0.411.